The minimum absolute atomic E-state index is 0.0766. The average Bonchev–Trinajstić information content (AvgIpc) is 3.07. The summed E-state index contributed by atoms with van der Waals surface area (Å²) in [6.07, 6.45) is 0.203. The summed E-state index contributed by atoms with van der Waals surface area (Å²) in [5.41, 5.74) is 1.16. The molecule has 2 N–H and O–H groups in total. The summed E-state index contributed by atoms with van der Waals surface area (Å²) in [6.45, 7) is 1.34. The van der Waals surface area contributed by atoms with Crippen molar-refractivity contribution in [2.45, 2.75) is 12.5 Å². The quantitative estimate of drug-likeness (QED) is 0.798. The van der Waals surface area contributed by atoms with Crippen LogP contribution in [0.2, 0.25) is 5.02 Å². The van der Waals surface area contributed by atoms with Crippen LogP contribution in [0, 0.1) is 0 Å². The molecule has 0 aliphatic carbocycles. The number of anilines is 2. The van der Waals surface area contributed by atoms with Crippen LogP contribution in [0.15, 0.2) is 36.4 Å². The number of nitrogens with one attached hydrogen (secondary N) is 2. The van der Waals surface area contributed by atoms with Crippen LogP contribution in [-0.4, -0.2) is 44.8 Å². The zero-order valence-corrected chi connectivity index (χ0v) is 16.5. The summed E-state index contributed by atoms with van der Waals surface area (Å²) >= 11 is 5.99. The maximum absolute atomic E-state index is 12.5. The number of halogens is 1. The maximum Gasteiger partial charge on any atom is 0.319 e. The number of urea groups is 1. The van der Waals surface area contributed by atoms with Gasteiger partial charge in [0, 0.05) is 29.7 Å². The largest absolute Gasteiger partial charge is 0.495 e. The standard InChI is InChI=1S/C20H20ClN3O5/c1-27-16-4-2-12(21)8-15(16)23-20(26)22-13-9-19(25)24(11-13)14-3-5-17-18(10-14)29-7-6-28-17/h2-5,8,10,13H,6-7,9,11H2,1H3,(H2,22,23,26)/t13-/m0/s1. The number of benzene rings is 2. The number of hydrogen-bond donors (Lipinski definition) is 2. The highest BCUT2D eigenvalue weighted by atomic mass is 35.5. The number of ether oxygens (including phenoxy) is 3. The fraction of sp³-hybridized carbons (Fsp3) is 0.300. The molecule has 0 unspecified atom stereocenters. The first-order valence-electron chi connectivity index (χ1n) is 9.14. The minimum atomic E-state index is -0.438. The average molecular weight is 418 g/mol. The molecular weight excluding hydrogens is 398 g/mol. The van der Waals surface area contributed by atoms with Crippen LogP contribution >= 0.6 is 11.6 Å². The lowest BCUT2D eigenvalue weighted by Gasteiger charge is -2.22. The Balaban J connectivity index is 1.41. The monoisotopic (exact) mass is 417 g/mol. The Bertz CT molecular complexity index is 952. The van der Waals surface area contributed by atoms with E-state index in [1.807, 2.05) is 6.07 Å². The lowest BCUT2D eigenvalue weighted by molar-refractivity contribution is -0.117. The van der Waals surface area contributed by atoms with E-state index in [2.05, 4.69) is 10.6 Å². The molecule has 8 nitrogen and oxygen atoms in total. The van der Waals surface area contributed by atoms with Gasteiger partial charge in [-0.25, -0.2) is 4.79 Å². The Kier molecular flexibility index (Phi) is 5.35. The smallest absolute Gasteiger partial charge is 0.319 e. The van der Waals surface area contributed by atoms with Gasteiger partial charge < -0.3 is 29.7 Å². The first-order chi connectivity index (χ1) is 14.0. The third kappa shape index (κ3) is 4.17. The van der Waals surface area contributed by atoms with Gasteiger partial charge in [-0.05, 0) is 30.3 Å². The number of rotatable bonds is 4. The number of hydrogen-bond acceptors (Lipinski definition) is 5. The van der Waals surface area contributed by atoms with Crippen molar-refractivity contribution in [3.63, 3.8) is 0 Å². The van der Waals surface area contributed by atoms with Gasteiger partial charge in [-0.3, -0.25) is 4.79 Å². The van der Waals surface area contributed by atoms with Crippen LogP contribution in [0.5, 0.6) is 17.2 Å². The molecular formula is C20H20ClN3O5. The number of carbonyl (C=O) groups excluding carboxylic acids is 2. The molecule has 1 atom stereocenters. The number of methoxy groups -OCH3 is 1. The second-order valence-corrected chi connectivity index (χ2v) is 7.11. The van der Waals surface area contributed by atoms with Gasteiger partial charge in [-0.1, -0.05) is 11.6 Å². The van der Waals surface area contributed by atoms with Gasteiger partial charge in [0.2, 0.25) is 5.91 Å². The van der Waals surface area contributed by atoms with E-state index in [-0.39, 0.29) is 18.4 Å². The second kappa shape index (κ2) is 8.08. The maximum atomic E-state index is 12.5. The molecule has 152 valence electrons. The van der Waals surface area contributed by atoms with E-state index in [0.29, 0.717) is 53.4 Å². The Morgan fingerprint density at radius 1 is 1.17 bits per heavy atom. The highest BCUT2D eigenvalue weighted by Crippen LogP contribution is 2.35. The van der Waals surface area contributed by atoms with Crippen LogP contribution in [0.1, 0.15) is 6.42 Å². The number of nitrogens with zero attached hydrogens (tertiary/aromatic N) is 1. The molecule has 2 aliphatic rings. The molecule has 1 saturated heterocycles. The number of carbonyl (C=O) groups is 2. The Morgan fingerprint density at radius 2 is 1.97 bits per heavy atom. The molecule has 0 radical (unpaired) electrons. The first-order valence-corrected chi connectivity index (χ1v) is 9.52. The van der Waals surface area contributed by atoms with Crippen molar-refractivity contribution in [2.75, 3.05) is 37.1 Å². The predicted molar refractivity (Wildman–Crippen MR) is 108 cm³/mol. The summed E-state index contributed by atoms with van der Waals surface area (Å²) in [6, 6.07) is 9.55. The van der Waals surface area contributed by atoms with E-state index in [9.17, 15) is 9.59 Å². The fourth-order valence-corrected chi connectivity index (χ4v) is 3.55. The van der Waals surface area contributed by atoms with Gasteiger partial charge >= 0.3 is 6.03 Å². The summed E-state index contributed by atoms with van der Waals surface area (Å²) < 4.78 is 16.3. The van der Waals surface area contributed by atoms with Crippen molar-refractivity contribution in [3.05, 3.63) is 41.4 Å². The van der Waals surface area contributed by atoms with Crippen molar-refractivity contribution >= 4 is 34.9 Å². The van der Waals surface area contributed by atoms with Gasteiger partial charge in [0.05, 0.1) is 18.8 Å². The molecule has 4 rings (SSSR count). The van der Waals surface area contributed by atoms with Crippen LogP contribution in [0.3, 0.4) is 0 Å². The SMILES string of the molecule is COc1ccc(Cl)cc1NC(=O)N[C@H]1CC(=O)N(c2ccc3c(c2)OCCO3)C1. The summed E-state index contributed by atoms with van der Waals surface area (Å²) in [4.78, 5) is 26.5. The van der Waals surface area contributed by atoms with Gasteiger partial charge in [0.15, 0.2) is 11.5 Å². The number of amides is 3. The lowest BCUT2D eigenvalue weighted by Crippen LogP contribution is -2.39. The third-order valence-corrected chi connectivity index (χ3v) is 4.94. The van der Waals surface area contributed by atoms with Crippen LogP contribution < -0.4 is 29.7 Å². The molecule has 3 amide bonds. The molecule has 1 fully saturated rings. The van der Waals surface area contributed by atoms with E-state index in [4.69, 9.17) is 25.8 Å². The Hall–Kier alpha value is -3.13. The molecule has 2 aliphatic heterocycles. The van der Waals surface area contributed by atoms with Crippen molar-refractivity contribution in [1.29, 1.82) is 0 Å². The molecule has 0 bridgehead atoms. The third-order valence-electron chi connectivity index (χ3n) is 4.71. The highest BCUT2D eigenvalue weighted by Gasteiger charge is 2.32. The fourth-order valence-electron chi connectivity index (χ4n) is 3.38. The Morgan fingerprint density at radius 3 is 2.76 bits per heavy atom. The molecule has 0 aromatic heterocycles. The number of fused-ring (bicyclic) bond motifs is 1. The predicted octanol–water partition coefficient (Wildman–Crippen LogP) is 3.05. The van der Waals surface area contributed by atoms with E-state index < -0.39 is 6.03 Å². The highest BCUT2D eigenvalue weighted by molar-refractivity contribution is 6.31. The van der Waals surface area contributed by atoms with Crippen molar-refractivity contribution < 1.29 is 23.8 Å². The van der Waals surface area contributed by atoms with Crippen LogP contribution in [0.25, 0.3) is 0 Å². The normalized spacial score (nSPS) is 17.8. The van der Waals surface area contributed by atoms with Gasteiger partial charge in [0.1, 0.15) is 19.0 Å². The van der Waals surface area contributed by atoms with Crippen LogP contribution in [0.4, 0.5) is 16.2 Å². The summed E-state index contributed by atoms with van der Waals surface area (Å²) in [5.74, 6) is 1.69. The van der Waals surface area contributed by atoms with Gasteiger partial charge in [-0.2, -0.15) is 0 Å². The second-order valence-electron chi connectivity index (χ2n) is 6.68. The van der Waals surface area contributed by atoms with E-state index in [1.54, 1.807) is 35.2 Å². The lowest BCUT2D eigenvalue weighted by atomic mass is 10.2. The molecule has 2 aromatic carbocycles. The van der Waals surface area contributed by atoms with E-state index in [1.165, 1.54) is 7.11 Å². The first kappa shape index (κ1) is 19.2. The van der Waals surface area contributed by atoms with Crippen molar-refractivity contribution in [1.82, 2.24) is 5.32 Å². The summed E-state index contributed by atoms with van der Waals surface area (Å²) in [5, 5.41) is 6.01. The molecule has 0 saturated carbocycles. The van der Waals surface area contributed by atoms with E-state index >= 15 is 0 Å². The minimum Gasteiger partial charge on any atom is -0.495 e. The zero-order valence-electron chi connectivity index (χ0n) is 15.7. The van der Waals surface area contributed by atoms with Crippen molar-refractivity contribution in [3.8, 4) is 17.2 Å². The zero-order chi connectivity index (χ0) is 20.4. The van der Waals surface area contributed by atoms with E-state index in [0.717, 1.165) is 0 Å². The molecule has 2 heterocycles. The Labute approximate surface area is 172 Å². The van der Waals surface area contributed by atoms with Gasteiger partial charge in [-0.15, -0.1) is 0 Å². The molecule has 0 spiro atoms. The topological polar surface area (TPSA) is 89.1 Å². The van der Waals surface area contributed by atoms with Crippen molar-refractivity contribution in [2.24, 2.45) is 0 Å². The van der Waals surface area contributed by atoms with Crippen LogP contribution in [-0.2, 0) is 4.79 Å². The molecule has 29 heavy (non-hydrogen) atoms. The molecule has 2 aromatic rings. The van der Waals surface area contributed by atoms with Gasteiger partial charge in [0.25, 0.3) is 0 Å². The summed E-state index contributed by atoms with van der Waals surface area (Å²) in [7, 11) is 1.51. The molecule has 9 heteroatoms.